The third-order valence-corrected chi connectivity index (χ3v) is 6.67. The zero-order chi connectivity index (χ0) is 21.4. The largest absolute Gasteiger partial charge is 0.482 e. The second-order valence-electron chi connectivity index (χ2n) is 7.99. The third kappa shape index (κ3) is 3.84. The lowest BCUT2D eigenvalue weighted by atomic mass is 9.84. The zero-order valence-electron chi connectivity index (χ0n) is 16.9. The Morgan fingerprint density at radius 1 is 1.06 bits per heavy atom. The van der Waals surface area contributed by atoms with Gasteiger partial charge in [0.2, 0.25) is 0 Å². The molecule has 2 aromatic rings. The minimum atomic E-state index is -0.747. The van der Waals surface area contributed by atoms with Gasteiger partial charge < -0.3 is 24.4 Å². The van der Waals surface area contributed by atoms with Crippen LogP contribution in [-0.2, 0) is 20.1 Å². The molecule has 3 aliphatic rings. The molecule has 2 fully saturated rings. The van der Waals surface area contributed by atoms with Crippen LogP contribution in [0.4, 0.5) is 5.69 Å². The molecule has 3 aliphatic heterocycles. The standard InChI is InChI=1S/C23H23BrN2O5/c24-18-4-2-16(3-5-18)23(30-11-12-31-23)17-7-9-26(10-8-17)22(28)15-1-6-20-19(13-15)25-21(27)14-29-20/h1-6,13,17H,7-12,14H2,(H,25,27). The molecule has 0 spiro atoms. The number of fused-ring (bicyclic) bond motifs is 1. The summed E-state index contributed by atoms with van der Waals surface area (Å²) in [4.78, 5) is 26.5. The molecule has 2 aromatic carbocycles. The molecule has 0 bridgehead atoms. The maximum Gasteiger partial charge on any atom is 0.262 e. The fourth-order valence-electron chi connectivity index (χ4n) is 4.61. The number of nitrogens with zero attached hydrogens (tertiary/aromatic N) is 1. The average molecular weight is 487 g/mol. The van der Waals surface area contributed by atoms with Crippen molar-refractivity contribution in [1.29, 1.82) is 0 Å². The number of anilines is 1. The number of hydrogen-bond donors (Lipinski definition) is 1. The lowest BCUT2D eigenvalue weighted by molar-refractivity contribution is -0.213. The molecule has 1 N–H and O–H groups in total. The Morgan fingerprint density at radius 2 is 1.77 bits per heavy atom. The summed E-state index contributed by atoms with van der Waals surface area (Å²) in [6, 6.07) is 13.2. The summed E-state index contributed by atoms with van der Waals surface area (Å²) in [5, 5.41) is 2.76. The minimum Gasteiger partial charge on any atom is -0.482 e. The Morgan fingerprint density at radius 3 is 2.48 bits per heavy atom. The number of likely N-dealkylation sites (tertiary alicyclic amines) is 1. The zero-order valence-corrected chi connectivity index (χ0v) is 18.5. The fraction of sp³-hybridized carbons (Fsp3) is 0.391. The first kappa shape index (κ1) is 20.5. The number of rotatable bonds is 3. The summed E-state index contributed by atoms with van der Waals surface area (Å²) in [6.07, 6.45) is 1.57. The predicted octanol–water partition coefficient (Wildman–Crippen LogP) is 3.53. The van der Waals surface area contributed by atoms with E-state index in [9.17, 15) is 9.59 Å². The highest BCUT2D eigenvalue weighted by Gasteiger charge is 2.47. The summed E-state index contributed by atoms with van der Waals surface area (Å²) in [5.74, 6) is -0.262. The molecule has 0 unspecified atom stereocenters. The summed E-state index contributed by atoms with van der Waals surface area (Å²) >= 11 is 3.48. The van der Waals surface area contributed by atoms with Crippen molar-refractivity contribution in [2.24, 2.45) is 5.92 Å². The number of benzene rings is 2. The van der Waals surface area contributed by atoms with Crippen molar-refractivity contribution in [3.8, 4) is 5.75 Å². The molecule has 7 nitrogen and oxygen atoms in total. The number of ether oxygens (including phenoxy) is 3. The van der Waals surface area contributed by atoms with E-state index >= 15 is 0 Å². The first-order chi connectivity index (χ1) is 15.0. The predicted molar refractivity (Wildman–Crippen MR) is 117 cm³/mol. The van der Waals surface area contributed by atoms with E-state index in [2.05, 4.69) is 21.2 Å². The van der Waals surface area contributed by atoms with Crippen LogP contribution in [0.1, 0.15) is 28.8 Å². The van der Waals surface area contributed by atoms with E-state index in [1.54, 1.807) is 18.2 Å². The molecule has 0 atom stereocenters. The topological polar surface area (TPSA) is 77.1 Å². The van der Waals surface area contributed by atoms with Gasteiger partial charge in [0.05, 0.1) is 18.9 Å². The van der Waals surface area contributed by atoms with Gasteiger partial charge in [-0.25, -0.2) is 0 Å². The Bertz CT molecular complexity index is 996. The molecular weight excluding hydrogens is 464 g/mol. The van der Waals surface area contributed by atoms with Crippen molar-refractivity contribution in [3.05, 3.63) is 58.1 Å². The first-order valence-corrected chi connectivity index (χ1v) is 11.2. The summed E-state index contributed by atoms with van der Waals surface area (Å²) in [5.41, 5.74) is 2.10. The fourth-order valence-corrected chi connectivity index (χ4v) is 4.87. The van der Waals surface area contributed by atoms with Gasteiger partial charge in [-0.1, -0.05) is 28.1 Å². The van der Waals surface area contributed by atoms with Crippen LogP contribution in [0.2, 0.25) is 0 Å². The van der Waals surface area contributed by atoms with Crippen molar-refractivity contribution < 1.29 is 23.8 Å². The quantitative estimate of drug-likeness (QED) is 0.717. The number of hydrogen-bond acceptors (Lipinski definition) is 5. The Hall–Kier alpha value is -2.42. The van der Waals surface area contributed by atoms with Crippen LogP contribution in [0.3, 0.4) is 0 Å². The first-order valence-electron chi connectivity index (χ1n) is 10.4. The van der Waals surface area contributed by atoms with Crippen LogP contribution in [0.25, 0.3) is 0 Å². The van der Waals surface area contributed by atoms with Gasteiger partial charge >= 0.3 is 0 Å². The van der Waals surface area contributed by atoms with Crippen LogP contribution in [0.5, 0.6) is 5.75 Å². The molecular formula is C23H23BrN2O5. The molecule has 0 aromatic heterocycles. The number of piperidine rings is 1. The maximum atomic E-state index is 13.1. The molecule has 0 aliphatic carbocycles. The number of carbonyl (C=O) groups is 2. The van der Waals surface area contributed by atoms with E-state index < -0.39 is 5.79 Å². The van der Waals surface area contributed by atoms with E-state index in [0.717, 1.165) is 22.9 Å². The van der Waals surface area contributed by atoms with Gasteiger partial charge in [-0.15, -0.1) is 0 Å². The normalized spacial score (nSPS) is 20.7. The Labute approximate surface area is 188 Å². The van der Waals surface area contributed by atoms with Gasteiger partial charge in [0.1, 0.15) is 5.75 Å². The van der Waals surface area contributed by atoms with Gasteiger partial charge in [-0.3, -0.25) is 9.59 Å². The summed E-state index contributed by atoms with van der Waals surface area (Å²) < 4.78 is 18.7. The molecule has 5 rings (SSSR count). The van der Waals surface area contributed by atoms with Gasteiger partial charge in [0.25, 0.3) is 11.8 Å². The highest BCUT2D eigenvalue weighted by molar-refractivity contribution is 9.10. The molecule has 8 heteroatoms. The number of amides is 2. The average Bonchev–Trinajstić information content (AvgIpc) is 3.30. The van der Waals surface area contributed by atoms with Crippen molar-refractivity contribution in [1.82, 2.24) is 4.90 Å². The number of carbonyl (C=O) groups excluding carboxylic acids is 2. The third-order valence-electron chi connectivity index (χ3n) is 6.14. The van der Waals surface area contributed by atoms with Crippen molar-refractivity contribution in [2.45, 2.75) is 18.6 Å². The maximum absolute atomic E-state index is 13.1. The highest BCUT2D eigenvalue weighted by Crippen LogP contribution is 2.44. The van der Waals surface area contributed by atoms with E-state index in [-0.39, 0.29) is 24.3 Å². The molecule has 162 valence electrons. The Kier molecular flexibility index (Phi) is 5.45. The van der Waals surface area contributed by atoms with Crippen LogP contribution in [-0.4, -0.2) is 49.6 Å². The van der Waals surface area contributed by atoms with Gasteiger partial charge in [-0.05, 0) is 43.2 Å². The van der Waals surface area contributed by atoms with Crippen molar-refractivity contribution >= 4 is 33.4 Å². The molecule has 2 saturated heterocycles. The second kappa shape index (κ2) is 8.26. The van der Waals surface area contributed by atoms with Gasteiger partial charge in [0.15, 0.2) is 12.4 Å². The number of nitrogens with one attached hydrogen (secondary N) is 1. The van der Waals surface area contributed by atoms with Crippen molar-refractivity contribution in [2.75, 3.05) is 38.2 Å². The number of halogens is 1. The lowest BCUT2D eigenvalue weighted by Gasteiger charge is -2.41. The molecule has 3 heterocycles. The Balaban J connectivity index is 1.30. The van der Waals surface area contributed by atoms with Crippen LogP contribution in [0, 0.1) is 5.92 Å². The molecule has 0 saturated carbocycles. The van der Waals surface area contributed by atoms with E-state index in [0.29, 0.717) is 43.3 Å². The van der Waals surface area contributed by atoms with Gasteiger partial charge in [-0.2, -0.15) is 0 Å². The summed E-state index contributed by atoms with van der Waals surface area (Å²) in [7, 11) is 0. The minimum absolute atomic E-state index is 0.00192. The molecule has 2 amide bonds. The monoisotopic (exact) mass is 486 g/mol. The molecule has 31 heavy (non-hydrogen) atoms. The van der Waals surface area contributed by atoms with Crippen LogP contribution >= 0.6 is 15.9 Å². The van der Waals surface area contributed by atoms with Crippen LogP contribution < -0.4 is 10.1 Å². The van der Waals surface area contributed by atoms with Crippen LogP contribution in [0.15, 0.2) is 46.9 Å². The van der Waals surface area contributed by atoms with E-state index in [1.165, 1.54) is 0 Å². The summed E-state index contributed by atoms with van der Waals surface area (Å²) in [6.45, 7) is 2.37. The highest BCUT2D eigenvalue weighted by atomic mass is 79.9. The smallest absolute Gasteiger partial charge is 0.262 e. The lowest BCUT2D eigenvalue weighted by Crippen LogP contribution is -2.46. The SMILES string of the molecule is O=C1COc2ccc(C(=O)N3CCC(C4(c5ccc(Br)cc5)OCCO4)CC3)cc2N1. The second-order valence-corrected chi connectivity index (χ2v) is 8.90. The van der Waals surface area contributed by atoms with Gasteiger partial charge in [0, 0.05) is 34.6 Å². The van der Waals surface area contributed by atoms with E-state index in [4.69, 9.17) is 14.2 Å². The van der Waals surface area contributed by atoms with Crippen molar-refractivity contribution in [3.63, 3.8) is 0 Å². The van der Waals surface area contributed by atoms with E-state index in [1.807, 2.05) is 29.2 Å². The molecule has 0 radical (unpaired) electrons.